The molecule has 2 aromatic rings. The third-order valence-electron chi connectivity index (χ3n) is 4.12. The number of alkyl halides is 1. The lowest BCUT2D eigenvalue weighted by Crippen LogP contribution is -2.36. The number of hydrogen-bond donors (Lipinski definition) is 0. The van der Waals surface area contributed by atoms with E-state index in [1.807, 2.05) is 39.0 Å². The largest absolute Gasteiger partial charge is 0.455 e. The van der Waals surface area contributed by atoms with E-state index in [0.29, 0.717) is 16.9 Å². The third-order valence-corrected chi connectivity index (χ3v) is 5.90. The van der Waals surface area contributed by atoms with Crippen LogP contribution in [0.4, 0.5) is 4.39 Å². The van der Waals surface area contributed by atoms with Gasteiger partial charge in [0.25, 0.3) is 0 Å². The number of esters is 1. The summed E-state index contributed by atoms with van der Waals surface area (Å²) >= 11 is 0. The minimum absolute atomic E-state index is 0.345. The predicted octanol–water partition coefficient (Wildman–Crippen LogP) is 5.02. The molecule has 0 amide bonds. The highest BCUT2D eigenvalue weighted by atomic mass is 32.2. The summed E-state index contributed by atoms with van der Waals surface area (Å²) in [6.07, 6.45) is 1.17. The second kappa shape index (κ2) is 10.2. The van der Waals surface area contributed by atoms with Gasteiger partial charge in [0.2, 0.25) is 0 Å². The fourth-order valence-corrected chi connectivity index (χ4v) is 3.99. The Kier molecular flexibility index (Phi) is 7.92. The standard InChI is InChI=1S/C22H25FO3S/c1-16(2)9-14-21(27(25)19-12-10-17(3)11-13-19)20(15-23)26-22(24)18-7-5-4-6-8-18/h4-13,20-21H,14-15H2,1-3H3/t20-,21+,27-/m0/s1. The molecule has 3 nitrogen and oxygen atoms in total. The summed E-state index contributed by atoms with van der Waals surface area (Å²) in [4.78, 5) is 13.0. The molecule has 0 fully saturated rings. The minimum Gasteiger partial charge on any atom is -0.455 e. The highest BCUT2D eigenvalue weighted by Crippen LogP contribution is 2.22. The van der Waals surface area contributed by atoms with Crippen LogP contribution < -0.4 is 0 Å². The van der Waals surface area contributed by atoms with E-state index in [-0.39, 0.29) is 0 Å². The molecule has 0 saturated carbocycles. The number of carbonyl (C=O) groups is 1. The Balaban J connectivity index is 2.26. The molecule has 0 aromatic heterocycles. The quantitative estimate of drug-likeness (QED) is 0.471. The van der Waals surface area contributed by atoms with Crippen LogP contribution in [0, 0.1) is 6.92 Å². The highest BCUT2D eigenvalue weighted by Gasteiger charge is 2.31. The van der Waals surface area contributed by atoms with Gasteiger partial charge in [-0.05, 0) is 51.5 Å². The van der Waals surface area contributed by atoms with E-state index in [4.69, 9.17) is 4.74 Å². The predicted molar refractivity (Wildman–Crippen MR) is 107 cm³/mol. The van der Waals surface area contributed by atoms with E-state index in [1.54, 1.807) is 42.5 Å². The molecule has 2 aromatic carbocycles. The number of aryl methyl sites for hydroxylation is 1. The summed E-state index contributed by atoms with van der Waals surface area (Å²) in [6, 6.07) is 15.7. The molecule has 3 atom stereocenters. The van der Waals surface area contributed by atoms with Gasteiger partial charge in [-0.2, -0.15) is 0 Å². The van der Waals surface area contributed by atoms with Crippen LogP contribution in [-0.2, 0) is 15.5 Å². The number of benzene rings is 2. The molecule has 0 unspecified atom stereocenters. The Hall–Kier alpha value is -2.27. The summed E-state index contributed by atoms with van der Waals surface area (Å²) in [5, 5.41) is -0.666. The van der Waals surface area contributed by atoms with Crippen LogP contribution in [-0.4, -0.2) is 28.2 Å². The van der Waals surface area contributed by atoms with E-state index in [9.17, 15) is 13.4 Å². The normalized spacial score (nSPS) is 14.1. The van der Waals surface area contributed by atoms with Crippen molar-refractivity contribution in [3.8, 4) is 0 Å². The van der Waals surface area contributed by atoms with Crippen molar-refractivity contribution in [1.82, 2.24) is 0 Å². The number of ether oxygens (including phenoxy) is 1. The lowest BCUT2D eigenvalue weighted by atomic mass is 10.1. The molecule has 0 aliphatic rings. The van der Waals surface area contributed by atoms with Crippen LogP contribution in [0.2, 0.25) is 0 Å². The van der Waals surface area contributed by atoms with Gasteiger partial charge in [-0.15, -0.1) is 0 Å². The van der Waals surface area contributed by atoms with Crippen LogP contribution in [0.25, 0.3) is 0 Å². The number of halogens is 1. The van der Waals surface area contributed by atoms with Gasteiger partial charge in [0, 0.05) is 4.90 Å². The maximum absolute atomic E-state index is 13.8. The zero-order valence-corrected chi connectivity index (χ0v) is 16.7. The molecule has 0 radical (unpaired) electrons. The second-order valence-corrected chi connectivity index (χ2v) is 8.30. The van der Waals surface area contributed by atoms with Crippen molar-refractivity contribution in [2.75, 3.05) is 6.67 Å². The Morgan fingerprint density at radius 2 is 1.74 bits per heavy atom. The van der Waals surface area contributed by atoms with Crippen molar-refractivity contribution >= 4 is 16.8 Å². The Morgan fingerprint density at radius 1 is 1.11 bits per heavy atom. The second-order valence-electron chi connectivity index (χ2n) is 6.63. The lowest BCUT2D eigenvalue weighted by Gasteiger charge is -2.24. The lowest BCUT2D eigenvalue weighted by molar-refractivity contribution is 0.0233. The molecule has 0 aliphatic heterocycles. The summed E-state index contributed by atoms with van der Waals surface area (Å²) < 4.78 is 32.3. The fraction of sp³-hybridized carbons (Fsp3) is 0.318. The summed E-state index contributed by atoms with van der Waals surface area (Å²) in [6.45, 7) is 4.90. The smallest absolute Gasteiger partial charge is 0.338 e. The van der Waals surface area contributed by atoms with Crippen LogP contribution in [0.1, 0.15) is 36.2 Å². The van der Waals surface area contributed by atoms with E-state index >= 15 is 0 Å². The van der Waals surface area contributed by atoms with Crippen molar-refractivity contribution in [2.45, 2.75) is 43.4 Å². The van der Waals surface area contributed by atoms with Crippen molar-refractivity contribution < 1.29 is 18.1 Å². The van der Waals surface area contributed by atoms with Gasteiger partial charge in [0.15, 0.2) is 0 Å². The monoisotopic (exact) mass is 388 g/mol. The van der Waals surface area contributed by atoms with Crippen molar-refractivity contribution in [2.24, 2.45) is 0 Å². The van der Waals surface area contributed by atoms with Gasteiger partial charge >= 0.3 is 5.97 Å². The van der Waals surface area contributed by atoms with Crippen LogP contribution in [0.5, 0.6) is 0 Å². The van der Waals surface area contributed by atoms with Crippen LogP contribution >= 0.6 is 0 Å². The van der Waals surface area contributed by atoms with Gasteiger partial charge in [0.1, 0.15) is 12.8 Å². The molecule has 5 heteroatoms. The molecule has 2 rings (SSSR count). The molecule has 0 saturated heterocycles. The van der Waals surface area contributed by atoms with Gasteiger partial charge in [-0.1, -0.05) is 47.5 Å². The van der Waals surface area contributed by atoms with Crippen LogP contribution in [0.3, 0.4) is 0 Å². The molecule has 27 heavy (non-hydrogen) atoms. The molecular weight excluding hydrogens is 363 g/mol. The molecule has 0 heterocycles. The number of allylic oxidation sites excluding steroid dienone is 2. The number of hydrogen-bond acceptors (Lipinski definition) is 3. The molecular formula is C22H25FO3S. The SMILES string of the molecule is CC(C)=CC[C@H]([C@H](CF)OC(=O)c1ccccc1)[S@@](=O)c1ccc(C)cc1. The van der Waals surface area contributed by atoms with E-state index in [0.717, 1.165) is 11.1 Å². The average molecular weight is 389 g/mol. The van der Waals surface area contributed by atoms with Crippen molar-refractivity contribution in [3.05, 3.63) is 77.4 Å². The molecule has 0 spiro atoms. The highest BCUT2D eigenvalue weighted by molar-refractivity contribution is 7.85. The molecule has 144 valence electrons. The maximum atomic E-state index is 13.8. The average Bonchev–Trinajstić information content (AvgIpc) is 2.67. The first-order chi connectivity index (χ1) is 12.9. The first-order valence-corrected chi connectivity index (χ1v) is 10.1. The fourth-order valence-electron chi connectivity index (χ4n) is 2.56. The summed E-state index contributed by atoms with van der Waals surface area (Å²) in [7, 11) is -1.51. The van der Waals surface area contributed by atoms with Gasteiger partial charge in [-0.3, -0.25) is 4.21 Å². The van der Waals surface area contributed by atoms with Crippen molar-refractivity contribution in [3.63, 3.8) is 0 Å². The van der Waals surface area contributed by atoms with Gasteiger partial charge < -0.3 is 4.74 Å². The number of carbonyl (C=O) groups excluding carboxylic acids is 1. The Labute approximate surface area is 162 Å². The minimum atomic E-state index is -1.51. The number of rotatable bonds is 8. The van der Waals surface area contributed by atoms with E-state index in [1.165, 1.54) is 0 Å². The maximum Gasteiger partial charge on any atom is 0.338 e. The first-order valence-electron chi connectivity index (χ1n) is 8.85. The van der Waals surface area contributed by atoms with Crippen LogP contribution in [0.15, 0.2) is 71.1 Å². The Bertz CT molecular complexity index is 796. The summed E-state index contributed by atoms with van der Waals surface area (Å²) in [5.41, 5.74) is 2.43. The van der Waals surface area contributed by atoms with E-state index < -0.39 is 34.8 Å². The molecule has 0 N–H and O–H groups in total. The third kappa shape index (κ3) is 6.14. The van der Waals surface area contributed by atoms with E-state index in [2.05, 4.69) is 0 Å². The first kappa shape index (κ1) is 21.0. The topological polar surface area (TPSA) is 43.4 Å². The summed E-state index contributed by atoms with van der Waals surface area (Å²) in [5.74, 6) is -0.610. The van der Waals surface area contributed by atoms with Crippen molar-refractivity contribution in [1.29, 1.82) is 0 Å². The zero-order valence-electron chi connectivity index (χ0n) is 15.9. The zero-order chi connectivity index (χ0) is 19.8. The molecule has 0 bridgehead atoms. The molecule has 0 aliphatic carbocycles. The van der Waals surface area contributed by atoms with Gasteiger partial charge in [0.05, 0.1) is 21.6 Å². The van der Waals surface area contributed by atoms with Gasteiger partial charge in [-0.25, -0.2) is 9.18 Å². The Morgan fingerprint density at radius 3 is 2.30 bits per heavy atom.